The van der Waals surface area contributed by atoms with Crippen molar-refractivity contribution in [1.29, 1.82) is 0 Å². The highest BCUT2D eigenvalue weighted by Crippen LogP contribution is 2.08. The lowest BCUT2D eigenvalue weighted by atomic mass is 10.2. The van der Waals surface area contributed by atoms with Gasteiger partial charge >= 0.3 is 0 Å². The van der Waals surface area contributed by atoms with Gasteiger partial charge in [0.1, 0.15) is 12.2 Å². The molecule has 0 aromatic heterocycles. The normalized spacial score (nSPS) is 27.8. The van der Waals surface area contributed by atoms with Gasteiger partial charge in [-0.1, -0.05) is 0 Å². The van der Waals surface area contributed by atoms with Crippen molar-refractivity contribution in [2.45, 2.75) is 6.04 Å². The predicted molar refractivity (Wildman–Crippen MR) is 36.2 cm³/mol. The Hall–Kier alpha value is -1.59. The topological polar surface area (TPSA) is 87.8 Å². The van der Waals surface area contributed by atoms with Gasteiger partial charge in [-0.05, 0) is 5.22 Å². The van der Waals surface area contributed by atoms with E-state index in [1.165, 1.54) is 6.34 Å². The van der Waals surface area contributed by atoms with E-state index >= 15 is 0 Å². The van der Waals surface area contributed by atoms with Crippen LogP contribution in [0.5, 0.6) is 0 Å². The maximum Gasteiger partial charge on any atom is 0.191 e. The van der Waals surface area contributed by atoms with Gasteiger partial charge in [0.05, 0.1) is 0 Å². The van der Waals surface area contributed by atoms with Crippen molar-refractivity contribution in [3.63, 3.8) is 0 Å². The molecule has 0 aromatic carbocycles. The highest BCUT2D eigenvalue weighted by molar-refractivity contribution is 6.15. The molecular weight excluding hydrogens is 132 g/mol. The van der Waals surface area contributed by atoms with Gasteiger partial charge in [0.25, 0.3) is 0 Å². The van der Waals surface area contributed by atoms with Gasteiger partial charge in [0.2, 0.25) is 0 Å². The molecule has 1 atom stereocenters. The third-order valence-electron chi connectivity index (χ3n) is 1.24. The van der Waals surface area contributed by atoms with Crippen LogP contribution in [0.3, 0.4) is 0 Å². The molecule has 0 fully saturated rings. The summed E-state index contributed by atoms with van der Waals surface area (Å²) < 4.78 is 0. The molecule has 2 aliphatic heterocycles. The standard InChI is InChI=1S/C4H4N6/c5-3-2-4(7-1-6-3)9-10-8-2/h1-2H,(H2,5,6,7,8,9). The van der Waals surface area contributed by atoms with Crippen LogP contribution in [-0.2, 0) is 0 Å². The Morgan fingerprint density at radius 3 is 3.20 bits per heavy atom. The molecule has 2 rings (SSSR count). The van der Waals surface area contributed by atoms with Gasteiger partial charge in [-0.2, -0.15) is 0 Å². The highest BCUT2D eigenvalue weighted by Gasteiger charge is 2.25. The Morgan fingerprint density at radius 1 is 1.50 bits per heavy atom. The Bertz CT molecular complexity index is 271. The number of nitrogens with zero attached hydrogens (tertiary/aromatic N) is 5. The Labute approximate surface area is 56.3 Å². The molecule has 6 heteroatoms. The van der Waals surface area contributed by atoms with E-state index in [9.17, 15) is 0 Å². The van der Waals surface area contributed by atoms with Gasteiger partial charge in [0.15, 0.2) is 11.9 Å². The molecule has 0 aromatic rings. The molecule has 0 aliphatic carbocycles. The Balaban J connectivity index is 2.43. The minimum Gasteiger partial charge on any atom is -0.385 e. The molecular formula is C4H4N6. The molecule has 2 N–H and O–H groups in total. The van der Waals surface area contributed by atoms with Crippen LogP contribution < -0.4 is 5.73 Å². The van der Waals surface area contributed by atoms with Crippen LogP contribution in [0.25, 0.3) is 0 Å². The fourth-order valence-electron chi connectivity index (χ4n) is 0.743. The summed E-state index contributed by atoms with van der Waals surface area (Å²) in [5.74, 6) is 0.919. The van der Waals surface area contributed by atoms with Gasteiger partial charge in [-0.3, -0.25) is 0 Å². The van der Waals surface area contributed by atoms with Crippen molar-refractivity contribution >= 4 is 18.0 Å². The van der Waals surface area contributed by atoms with Crippen LogP contribution in [0.15, 0.2) is 25.4 Å². The highest BCUT2D eigenvalue weighted by atomic mass is 15.4. The smallest absolute Gasteiger partial charge is 0.191 e. The molecule has 50 valence electrons. The molecule has 0 amide bonds. The van der Waals surface area contributed by atoms with E-state index in [-0.39, 0.29) is 6.04 Å². The molecule has 0 saturated heterocycles. The summed E-state index contributed by atoms with van der Waals surface area (Å²) in [5, 5.41) is 10.7. The van der Waals surface area contributed by atoms with E-state index in [4.69, 9.17) is 5.73 Å². The average molecular weight is 136 g/mol. The van der Waals surface area contributed by atoms with Crippen LogP contribution in [0.1, 0.15) is 0 Å². The second-order valence-electron chi connectivity index (χ2n) is 1.86. The number of amidine groups is 2. The van der Waals surface area contributed by atoms with E-state index < -0.39 is 0 Å². The van der Waals surface area contributed by atoms with Crippen LogP contribution in [0, 0.1) is 0 Å². The summed E-state index contributed by atoms with van der Waals surface area (Å²) in [4.78, 5) is 7.55. The lowest BCUT2D eigenvalue weighted by Gasteiger charge is -2.06. The van der Waals surface area contributed by atoms with Crippen molar-refractivity contribution in [3.05, 3.63) is 0 Å². The van der Waals surface area contributed by atoms with Gasteiger partial charge < -0.3 is 5.73 Å². The molecule has 2 heterocycles. The number of fused-ring (bicyclic) bond motifs is 1. The summed E-state index contributed by atoms with van der Waals surface area (Å²) >= 11 is 0. The van der Waals surface area contributed by atoms with E-state index in [0.717, 1.165) is 0 Å². The zero-order chi connectivity index (χ0) is 6.97. The van der Waals surface area contributed by atoms with E-state index in [2.05, 4.69) is 25.4 Å². The maximum atomic E-state index is 5.44. The number of rotatable bonds is 0. The molecule has 10 heavy (non-hydrogen) atoms. The van der Waals surface area contributed by atoms with Crippen LogP contribution in [-0.4, -0.2) is 24.1 Å². The fourth-order valence-corrected chi connectivity index (χ4v) is 0.743. The predicted octanol–water partition coefficient (Wildman–Crippen LogP) is -0.467. The molecule has 2 aliphatic rings. The quantitative estimate of drug-likeness (QED) is 0.479. The van der Waals surface area contributed by atoms with Crippen LogP contribution >= 0.6 is 0 Å². The zero-order valence-corrected chi connectivity index (χ0v) is 4.97. The molecule has 6 nitrogen and oxygen atoms in total. The summed E-state index contributed by atoms with van der Waals surface area (Å²) in [5.41, 5.74) is 5.44. The minimum atomic E-state index is -0.329. The van der Waals surface area contributed by atoms with Crippen LogP contribution in [0.4, 0.5) is 0 Å². The Morgan fingerprint density at radius 2 is 2.40 bits per heavy atom. The lowest BCUT2D eigenvalue weighted by molar-refractivity contribution is 0.991. The summed E-state index contributed by atoms with van der Waals surface area (Å²) in [7, 11) is 0. The number of nitrogens with two attached hydrogens (primary N) is 1. The number of hydrogen-bond acceptors (Lipinski definition) is 6. The second-order valence-corrected chi connectivity index (χ2v) is 1.86. The van der Waals surface area contributed by atoms with Crippen molar-refractivity contribution in [2.75, 3.05) is 0 Å². The first-order valence-corrected chi connectivity index (χ1v) is 2.71. The van der Waals surface area contributed by atoms with Gasteiger partial charge in [-0.15, -0.1) is 10.2 Å². The lowest BCUT2D eigenvalue weighted by Crippen LogP contribution is -2.34. The van der Waals surface area contributed by atoms with Crippen molar-refractivity contribution < 1.29 is 0 Å². The number of hydrogen-bond donors (Lipinski definition) is 1. The minimum absolute atomic E-state index is 0.329. The van der Waals surface area contributed by atoms with Crippen LogP contribution in [0.2, 0.25) is 0 Å². The fraction of sp³-hybridized carbons (Fsp3) is 0.250. The molecule has 1 unspecified atom stereocenters. The molecule has 0 spiro atoms. The molecule has 0 bridgehead atoms. The van der Waals surface area contributed by atoms with Crippen molar-refractivity contribution in [3.8, 4) is 0 Å². The largest absolute Gasteiger partial charge is 0.385 e. The summed E-state index contributed by atoms with van der Waals surface area (Å²) in [6.07, 6.45) is 1.35. The maximum absolute atomic E-state index is 5.44. The van der Waals surface area contributed by atoms with Gasteiger partial charge in [0, 0.05) is 0 Å². The average Bonchev–Trinajstić information content (AvgIpc) is 2.36. The van der Waals surface area contributed by atoms with E-state index in [1.807, 2.05) is 0 Å². The van der Waals surface area contributed by atoms with Crippen molar-refractivity contribution in [1.82, 2.24) is 0 Å². The molecule has 0 saturated carbocycles. The van der Waals surface area contributed by atoms with E-state index in [1.54, 1.807) is 0 Å². The second kappa shape index (κ2) is 1.69. The first-order chi connectivity index (χ1) is 4.88. The van der Waals surface area contributed by atoms with Crippen molar-refractivity contribution in [2.24, 2.45) is 31.2 Å². The summed E-state index contributed by atoms with van der Waals surface area (Å²) in [6, 6.07) is -0.329. The number of aliphatic imine (C=N–C) groups is 2. The SMILES string of the molecule is NC1=NC=NC2=NN=NC12. The first kappa shape index (κ1) is 5.21. The van der Waals surface area contributed by atoms with Gasteiger partial charge in [-0.25, -0.2) is 9.98 Å². The summed E-state index contributed by atoms with van der Waals surface area (Å²) in [6.45, 7) is 0. The third-order valence-corrected chi connectivity index (χ3v) is 1.24. The monoisotopic (exact) mass is 136 g/mol. The van der Waals surface area contributed by atoms with E-state index in [0.29, 0.717) is 11.7 Å². The zero-order valence-electron chi connectivity index (χ0n) is 4.97. The molecule has 0 radical (unpaired) electrons. The first-order valence-electron chi connectivity index (χ1n) is 2.71. The Kier molecular flexibility index (Phi) is 0.883. The third kappa shape index (κ3) is 0.554.